The molecule has 0 aromatic carbocycles. The first kappa shape index (κ1) is 9.21. The molecule has 64 valence electrons. The van der Waals surface area contributed by atoms with Gasteiger partial charge in [0, 0.05) is 0 Å². The number of thiophene rings is 1. The van der Waals surface area contributed by atoms with E-state index in [0.717, 1.165) is 0 Å². The van der Waals surface area contributed by atoms with E-state index in [1.807, 2.05) is 5.32 Å². The third-order valence-corrected chi connectivity index (χ3v) is 2.79. The van der Waals surface area contributed by atoms with Gasteiger partial charge in [-0.05, 0) is 27.4 Å². The maximum atomic E-state index is 11.1. The average molecular weight is 249 g/mol. The predicted octanol–water partition coefficient (Wildman–Crippen LogP) is 1.32. The van der Waals surface area contributed by atoms with Crippen LogP contribution in [-0.2, 0) is 0 Å². The minimum absolute atomic E-state index is 0.416. The first-order chi connectivity index (χ1) is 5.61. The first-order valence-electron chi connectivity index (χ1n) is 2.95. The molecule has 0 radical (unpaired) electrons. The van der Waals surface area contributed by atoms with Gasteiger partial charge in [-0.25, -0.2) is 4.79 Å². The summed E-state index contributed by atoms with van der Waals surface area (Å²) in [6, 6.07) is 0.755. The highest BCUT2D eigenvalue weighted by atomic mass is 79.9. The zero-order valence-corrected chi connectivity index (χ0v) is 8.24. The van der Waals surface area contributed by atoms with Crippen molar-refractivity contribution in [3.8, 4) is 0 Å². The van der Waals surface area contributed by atoms with E-state index in [1.165, 1.54) is 11.3 Å². The van der Waals surface area contributed by atoms with E-state index in [1.54, 1.807) is 11.4 Å². The lowest BCUT2D eigenvalue weighted by molar-refractivity contribution is 0.0966. The summed E-state index contributed by atoms with van der Waals surface area (Å²) in [7, 11) is 0. The second kappa shape index (κ2) is 3.68. The van der Waals surface area contributed by atoms with Gasteiger partial charge in [-0.15, -0.1) is 11.3 Å². The minimum Gasteiger partial charge on any atom is -0.351 e. The summed E-state index contributed by atoms with van der Waals surface area (Å²) >= 11 is 4.53. The van der Waals surface area contributed by atoms with Crippen LogP contribution >= 0.6 is 27.3 Å². The van der Waals surface area contributed by atoms with Crippen LogP contribution in [0.3, 0.4) is 0 Å². The standard InChI is InChI=1S/C6H5BrN2O2S/c7-4-3(1-2-12-4)5(10)9-6(8)11/h1-2H,(H3,8,9,10,11). The fraction of sp³-hybridized carbons (Fsp3) is 0. The van der Waals surface area contributed by atoms with Crippen LogP contribution in [0.1, 0.15) is 10.4 Å². The number of carbonyl (C=O) groups excluding carboxylic acids is 2. The zero-order valence-electron chi connectivity index (χ0n) is 5.83. The van der Waals surface area contributed by atoms with Crippen LogP contribution in [0.4, 0.5) is 4.79 Å². The zero-order chi connectivity index (χ0) is 9.14. The SMILES string of the molecule is NC(=O)NC(=O)c1ccsc1Br. The van der Waals surface area contributed by atoms with E-state index >= 15 is 0 Å². The van der Waals surface area contributed by atoms with Gasteiger partial charge in [-0.3, -0.25) is 10.1 Å². The third kappa shape index (κ3) is 2.05. The van der Waals surface area contributed by atoms with Crippen LogP contribution in [0, 0.1) is 0 Å². The average Bonchev–Trinajstić information content (AvgIpc) is 2.33. The summed E-state index contributed by atoms with van der Waals surface area (Å²) in [6.45, 7) is 0. The van der Waals surface area contributed by atoms with Crippen molar-refractivity contribution in [3.63, 3.8) is 0 Å². The number of primary amides is 1. The number of carbonyl (C=O) groups is 2. The van der Waals surface area contributed by atoms with E-state index in [2.05, 4.69) is 15.9 Å². The van der Waals surface area contributed by atoms with Crippen molar-refractivity contribution >= 4 is 39.2 Å². The third-order valence-electron chi connectivity index (χ3n) is 1.10. The van der Waals surface area contributed by atoms with Gasteiger partial charge in [0.15, 0.2) is 0 Å². The molecule has 0 atom stereocenters. The molecule has 3 amide bonds. The van der Waals surface area contributed by atoms with Gasteiger partial charge >= 0.3 is 6.03 Å². The van der Waals surface area contributed by atoms with Gasteiger partial charge in [0.25, 0.3) is 5.91 Å². The Labute approximate surface area is 80.9 Å². The maximum Gasteiger partial charge on any atom is 0.319 e. The lowest BCUT2D eigenvalue weighted by atomic mass is 10.3. The fourth-order valence-corrected chi connectivity index (χ4v) is 1.88. The lowest BCUT2D eigenvalue weighted by Crippen LogP contribution is -2.34. The van der Waals surface area contributed by atoms with E-state index in [4.69, 9.17) is 5.73 Å². The van der Waals surface area contributed by atoms with Gasteiger partial charge in [0.2, 0.25) is 0 Å². The van der Waals surface area contributed by atoms with Gasteiger partial charge in [-0.2, -0.15) is 0 Å². The quantitative estimate of drug-likeness (QED) is 0.787. The molecule has 1 aromatic rings. The molecule has 0 aliphatic carbocycles. The molecule has 1 rings (SSSR count). The van der Waals surface area contributed by atoms with Crippen LogP contribution in [0.25, 0.3) is 0 Å². The van der Waals surface area contributed by atoms with Crippen molar-refractivity contribution in [1.29, 1.82) is 0 Å². The number of amides is 3. The highest BCUT2D eigenvalue weighted by Crippen LogP contribution is 2.22. The number of urea groups is 1. The summed E-state index contributed by atoms with van der Waals surface area (Å²) in [5.41, 5.74) is 5.18. The van der Waals surface area contributed by atoms with Crippen molar-refractivity contribution in [3.05, 3.63) is 20.8 Å². The molecule has 0 saturated heterocycles. The molecule has 0 fully saturated rings. The Morgan fingerprint density at radius 3 is 2.67 bits per heavy atom. The number of halogens is 1. The van der Waals surface area contributed by atoms with Gasteiger partial charge < -0.3 is 5.73 Å². The van der Waals surface area contributed by atoms with E-state index in [0.29, 0.717) is 9.35 Å². The predicted molar refractivity (Wildman–Crippen MR) is 49.1 cm³/mol. The second-order valence-corrected chi connectivity index (χ2v) is 4.16. The van der Waals surface area contributed by atoms with Crippen molar-refractivity contribution in [2.45, 2.75) is 0 Å². The first-order valence-corrected chi connectivity index (χ1v) is 4.62. The van der Waals surface area contributed by atoms with Gasteiger partial charge in [0.1, 0.15) is 0 Å². The Morgan fingerprint density at radius 2 is 2.25 bits per heavy atom. The summed E-state index contributed by atoms with van der Waals surface area (Å²) in [6.07, 6.45) is 0. The van der Waals surface area contributed by atoms with Crippen molar-refractivity contribution in [1.82, 2.24) is 5.32 Å². The summed E-state index contributed by atoms with van der Waals surface area (Å²) in [5, 5.41) is 3.70. The number of imide groups is 1. The molecule has 0 aliphatic rings. The smallest absolute Gasteiger partial charge is 0.319 e. The second-order valence-electron chi connectivity index (χ2n) is 1.93. The molecule has 0 unspecified atom stereocenters. The molecule has 4 nitrogen and oxygen atoms in total. The number of nitrogens with one attached hydrogen (secondary N) is 1. The Balaban J connectivity index is 2.78. The molecule has 0 aliphatic heterocycles. The molecule has 1 heterocycles. The topological polar surface area (TPSA) is 72.2 Å². The molecular weight excluding hydrogens is 244 g/mol. The Hall–Kier alpha value is -0.880. The van der Waals surface area contributed by atoms with Gasteiger partial charge in [0.05, 0.1) is 9.35 Å². The number of rotatable bonds is 1. The van der Waals surface area contributed by atoms with Crippen LogP contribution in [-0.4, -0.2) is 11.9 Å². The molecule has 0 spiro atoms. The van der Waals surface area contributed by atoms with Crippen LogP contribution < -0.4 is 11.1 Å². The summed E-state index contributed by atoms with van der Waals surface area (Å²) < 4.78 is 0.682. The molecule has 12 heavy (non-hydrogen) atoms. The van der Waals surface area contributed by atoms with E-state index in [-0.39, 0.29) is 0 Å². The maximum absolute atomic E-state index is 11.1. The van der Waals surface area contributed by atoms with Crippen LogP contribution in [0.2, 0.25) is 0 Å². The normalized spacial score (nSPS) is 9.42. The Bertz CT molecular complexity index is 323. The minimum atomic E-state index is -0.849. The molecule has 0 bridgehead atoms. The highest BCUT2D eigenvalue weighted by molar-refractivity contribution is 9.11. The Kier molecular flexibility index (Phi) is 2.83. The summed E-state index contributed by atoms with van der Waals surface area (Å²) in [5.74, 6) is -0.490. The Morgan fingerprint density at radius 1 is 1.58 bits per heavy atom. The number of hydrogen-bond acceptors (Lipinski definition) is 3. The molecule has 1 aromatic heterocycles. The number of nitrogens with two attached hydrogens (primary N) is 1. The van der Waals surface area contributed by atoms with Crippen molar-refractivity contribution < 1.29 is 9.59 Å². The summed E-state index contributed by atoms with van der Waals surface area (Å²) in [4.78, 5) is 21.4. The molecule has 0 saturated carbocycles. The molecular formula is C6H5BrN2O2S. The lowest BCUT2D eigenvalue weighted by Gasteiger charge is -1.97. The molecule has 3 N–H and O–H groups in total. The van der Waals surface area contributed by atoms with Crippen LogP contribution in [0.15, 0.2) is 15.2 Å². The van der Waals surface area contributed by atoms with Crippen molar-refractivity contribution in [2.75, 3.05) is 0 Å². The molecule has 6 heteroatoms. The van der Waals surface area contributed by atoms with E-state index in [9.17, 15) is 9.59 Å². The fourth-order valence-electron chi connectivity index (χ4n) is 0.635. The number of hydrogen-bond donors (Lipinski definition) is 2. The van der Waals surface area contributed by atoms with E-state index < -0.39 is 11.9 Å². The van der Waals surface area contributed by atoms with Crippen molar-refractivity contribution in [2.24, 2.45) is 5.73 Å². The monoisotopic (exact) mass is 248 g/mol. The highest BCUT2D eigenvalue weighted by Gasteiger charge is 2.11. The van der Waals surface area contributed by atoms with Crippen LogP contribution in [0.5, 0.6) is 0 Å². The van der Waals surface area contributed by atoms with Gasteiger partial charge in [-0.1, -0.05) is 0 Å². The largest absolute Gasteiger partial charge is 0.351 e.